The van der Waals surface area contributed by atoms with Gasteiger partial charge in [0.15, 0.2) is 5.84 Å². The maximum Gasteiger partial charge on any atom is 0.172 e. The van der Waals surface area contributed by atoms with Crippen LogP contribution in [0, 0.1) is 0 Å². The summed E-state index contributed by atoms with van der Waals surface area (Å²) in [7, 11) is 0. The highest BCUT2D eigenvalue weighted by Crippen LogP contribution is 2.25. The van der Waals surface area contributed by atoms with Crippen LogP contribution in [0.5, 0.6) is 0 Å². The Labute approximate surface area is 116 Å². The van der Waals surface area contributed by atoms with Crippen LogP contribution < -0.4 is 5.73 Å². The van der Waals surface area contributed by atoms with E-state index in [1.807, 2.05) is 30.3 Å². The number of hydrogen-bond acceptors (Lipinski definition) is 4. The van der Waals surface area contributed by atoms with Crippen LogP contribution in [-0.4, -0.2) is 21.8 Å². The number of hydrogen-bond donors (Lipinski definition) is 2. The van der Waals surface area contributed by atoms with Gasteiger partial charge in [-0.25, -0.2) is 4.98 Å². The Balaban J connectivity index is 2.45. The molecule has 4 nitrogen and oxygen atoms in total. The Morgan fingerprint density at radius 1 is 1.42 bits per heavy atom. The lowest BCUT2D eigenvalue weighted by molar-refractivity contribution is 0.318. The molecule has 0 saturated heterocycles. The summed E-state index contributed by atoms with van der Waals surface area (Å²) in [6.07, 6.45) is 2.26. The third-order valence-corrected chi connectivity index (χ3v) is 3.89. The van der Waals surface area contributed by atoms with Crippen LogP contribution in [0.1, 0.15) is 25.3 Å². The largest absolute Gasteiger partial charge is 0.409 e. The van der Waals surface area contributed by atoms with E-state index in [2.05, 4.69) is 17.1 Å². The lowest BCUT2D eigenvalue weighted by Gasteiger charge is -2.09. The van der Waals surface area contributed by atoms with E-state index in [1.54, 1.807) is 11.8 Å². The molecule has 0 bridgehead atoms. The Morgan fingerprint density at radius 2 is 2.21 bits per heavy atom. The normalized spacial score (nSPS) is 11.9. The van der Waals surface area contributed by atoms with Crippen molar-refractivity contribution in [3.63, 3.8) is 0 Å². The zero-order valence-corrected chi connectivity index (χ0v) is 11.7. The molecule has 0 atom stereocenters. The molecule has 19 heavy (non-hydrogen) atoms. The van der Waals surface area contributed by atoms with Gasteiger partial charge in [0.05, 0.1) is 11.1 Å². The van der Waals surface area contributed by atoms with Crippen LogP contribution in [0.25, 0.3) is 10.9 Å². The SMILES string of the molecule is CCCCSc1nc2ccccc2cc1C(N)=NO. The molecule has 0 aliphatic carbocycles. The number of thioether (sulfide) groups is 1. The van der Waals surface area contributed by atoms with Gasteiger partial charge in [0.25, 0.3) is 0 Å². The molecular formula is C14H17N3OS. The minimum Gasteiger partial charge on any atom is -0.409 e. The fourth-order valence-electron chi connectivity index (χ4n) is 1.76. The Kier molecular flexibility index (Phi) is 4.63. The maximum absolute atomic E-state index is 8.88. The number of amidine groups is 1. The highest BCUT2D eigenvalue weighted by atomic mass is 32.2. The number of aromatic nitrogens is 1. The second kappa shape index (κ2) is 6.43. The molecule has 0 amide bonds. The number of nitrogens with zero attached hydrogens (tertiary/aromatic N) is 2. The van der Waals surface area contributed by atoms with Crippen molar-refractivity contribution in [3.8, 4) is 0 Å². The first-order chi connectivity index (χ1) is 9.26. The van der Waals surface area contributed by atoms with Crippen LogP contribution in [0.2, 0.25) is 0 Å². The summed E-state index contributed by atoms with van der Waals surface area (Å²) >= 11 is 1.65. The van der Waals surface area contributed by atoms with Crippen LogP contribution in [0.3, 0.4) is 0 Å². The monoisotopic (exact) mass is 275 g/mol. The van der Waals surface area contributed by atoms with Gasteiger partial charge in [-0.15, -0.1) is 11.8 Å². The van der Waals surface area contributed by atoms with E-state index < -0.39 is 0 Å². The van der Waals surface area contributed by atoms with Crippen LogP contribution in [0.15, 0.2) is 40.5 Å². The fraction of sp³-hybridized carbons (Fsp3) is 0.286. The molecule has 3 N–H and O–H groups in total. The van der Waals surface area contributed by atoms with Crippen LogP contribution >= 0.6 is 11.8 Å². The first kappa shape index (κ1) is 13.7. The molecule has 0 fully saturated rings. The first-order valence-corrected chi connectivity index (χ1v) is 7.25. The maximum atomic E-state index is 8.88. The van der Waals surface area contributed by atoms with Gasteiger partial charge in [-0.3, -0.25) is 0 Å². The van der Waals surface area contributed by atoms with Gasteiger partial charge in [0.2, 0.25) is 0 Å². The minimum atomic E-state index is 0.109. The van der Waals surface area contributed by atoms with Crippen molar-refractivity contribution in [2.24, 2.45) is 10.9 Å². The molecule has 1 aromatic heterocycles. The van der Waals surface area contributed by atoms with E-state index in [0.717, 1.165) is 34.5 Å². The zero-order chi connectivity index (χ0) is 13.7. The zero-order valence-electron chi connectivity index (χ0n) is 10.8. The molecule has 0 radical (unpaired) electrons. The standard InChI is InChI=1S/C14H17N3OS/c1-2-3-8-19-14-11(13(15)17-18)9-10-6-4-5-7-12(10)16-14/h4-7,9,18H,2-3,8H2,1H3,(H2,15,17). The van der Waals surface area contributed by atoms with Gasteiger partial charge in [0.1, 0.15) is 5.03 Å². The number of benzene rings is 1. The Bertz CT molecular complexity index is 598. The number of para-hydroxylation sites is 1. The summed E-state index contributed by atoms with van der Waals surface area (Å²) in [5, 5.41) is 13.8. The van der Waals surface area contributed by atoms with Crippen LogP contribution in [0.4, 0.5) is 0 Å². The molecule has 0 spiro atoms. The molecule has 0 unspecified atom stereocenters. The van der Waals surface area contributed by atoms with Gasteiger partial charge >= 0.3 is 0 Å². The molecule has 0 saturated carbocycles. The second-order valence-corrected chi connectivity index (χ2v) is 5.30. The minimum absolute atomic E-state index is 0.109. The van der Waals surface area contributed by atoms with Crippen molar-refractivity contribution in [1.29, 1.82) is 0 Å². The summed E-state index contributed by atoms with van der Waals surface area (Å²) < 4.78 is 0. The molecule has 5 heteroatoms. The van der Waals surface area contributed by atoms with Crippen molar-refractivity contribution in [1.82, 2.24) is 4.98 Å². The lowest BCUT2D eigenvalue weighted by Crippen LogP contribution is -2.15. The predicted octanol–water partition coefficient (Wildman–Crippen LogP) is 3.22. The highest BCUT2D eigenvalue weighted by molar-refractivity contribution is 7.99. The van der Waals surface area contributed by atoms with Gasteiger partial charge in [-0.1, -0.05) is 36.7 Å². The molecule has 1 heterocycles. The van der Waals surface area contributed by atoms with Crippen LogP contribution in [-0.2, 0) is 0 Å². The van der Waals surface area contributed by atoms with E-state index in [4.69, 9.17) is 10.9 Å². The first-order valence-electron chi connectivity index (χ1n) is 6.26. The molecule has 2 aromatic rings. The van der Waals surface area contributed by atoms with Gasteiger partial charge < -0.3 is 10.9 Å². The van der Waals surface area contributed by atoms with Crippen molar-refractivity contribution >= 4 is 28.5 Å². The topological polar surface area (TPSA) is 71.5 Å². The van der Waals surface area contributed by atoms with E-state index in [-0.39, 0.29) is 5.84 Å². The summed E-state index contributed by atoms with van der Waals surface area (Å²) in [4.78, 5) is 4.61. The summed E-state index contributed by atoms with van der Waals surface area (Å²) in [5.74, 6) is 1.09. The van der Waals surface area contributed by atoms with Crippen molar-refractivity contribution in [3.05, 3.63) is 35.9 Å². The quantitative estimate of drug-likeness (QED) is 0.219. The van der Waals surface area contributed by atoms with E-state index >= 15 is 0 Å². The predicted molar refractivity (Wildman–Crippen MR) is 79.9 cm³/mol. The smallest absolute Gasteiger partial charge is 0.172 e. The Hall–Kier alpha value is -1.75. The van der Waals surface area contributed by atoms with E-state index in [1.165, 1.54) is 0 Å². The van der Waals surface area contributed by atoms with Crippen molar-refractivity contribution in [2.75, 3.05) is 5.75 Å². The number of unbranched alkanes of at least 4 members (excludes halogenated alkanes) is 1. The number of oxime groups is 1. The van der Waals surface area contributed by atoms with Gasteiger partial charge in [-0.2, -0.15) is 0 Å². The number of nitrogens with two attached hydrogens (primary N) is 1. The molecule has 2 rings (SSSR count). The van der Waals surface area contributed by atoms with E-state index in [9.17, 15) is 0 Å². The van der Waals surface area contributed by atoms with Gasteiger partial charge in [-0.05, 0) is 24.3 Å². The summed E-state index contributed by atoms with van der Waals surface area (Å²) in [6, 6.07) is 9.76. The average Bonchev–Trinajstić information content (AvgIpc) is 2.46. The highest BCUT2D eigenvalue weighted by Gasteiger charge is 2.11. The summed E-state index contributed by atoms with van der Waals surface area (Å²) in [6.45, 7) is 2.15. The fourth-order valence-corrected chi connectivity index (χ4v) is 2.87. The van der Waals surface area contributed by atoms with Gasteiger partial charge in [0, 0.05) is 5.39 Å². The third kappa shape index (κ3) is 3.17. The number of rotatable bonds is 5. The molecular weight excluding hydrogens is 258 g/mol. The Morgan fingerprint density at radius 3 is 2.95 bits per heavy atom. The lowest BCUT2D eigenvalue weighted by atomic mass is 10.1. The molecule has 0 aliphatic heterocycles. The molecule has 1 aromatic carbocycles. The molecule has 100 valence electrons. The average molecular weight is 275 g/mol. The van der Waals surface area contributed by atoms with Crippen molar-refractivity contribution in [2.45, 2.75) is 24.8 Å². The van der Waals surface area contributed by atoms with Crippen molar-refractivity contribution < 1.29 is 5.21 Å². The summed E-state index contributed by atoms with van der Waals surface area (Å²) in [5.41, 5.74) is 7.36. The second-order valence-electron chi connectivity index (χ2n) is 4.22. The number of pyridine rings is 1. The third-order valence-electron chi connectivity index (χ3n) is 2.81. The van der Waals surface area contributed by atoms with E-state index in [0.29, 0.717) is 5.56 Å². The molecule has 0 aliphatic rings. The number of fused-ring (bicyclic) bond motifs is 1.